The van der Waals surface area contributed by atoms with Gasteiger partial charge in [-0.1, -0.05) is 30.9 Å². The smallest absolute Gasteiger partial charge is 0.251 e. The molecule has 1 saturated carbocycles. The molecular formula is C27H36ClN5O2. The van der Waals surface area contributed by atoms with Crippen LogP contribution < -0.4 is 21.0 Å². The van der Waals surface area contributed by atoms with Crippen LogP contribution >= 0.6 is 11.6 Å². The molecule has 1 amide bonds. The van der Waals surface area contributed by atoms with E-state index < -0.39 is 0 Å². The SMILES string of the molecule is CCN(c1cc(/C(C=N)=C/NC)cc(C(=O)NCc2c(Cl)[nH]c(C)cc2=O)c1C)C1CCCCC1. The molecule has 1 heterocycles. The second-order valence-electron chi connectivity index (χ2n) is 9.07. The van der Waals surface area contributed by atoms with Gasteiger partial charge in [0.25, 0.3) is 5.91 Å². The number of aromatic amines is 1. The van der Waals surface area contributed by atoms with E-state index in [2.05, 4.69) is 33.5 Å². The zero-order chi connectivity index (χ0) is 25.5. The highest BCUT2D eigenvalue weighted by atomic mass is 35.5. The Morgan fingerprint density at radius 3 is 2.54 bits per heavy atom. The fourth-order valence-electron chi connectivity index (χ4n) is 4.89. The number of nitrogens with zero attached hydrogens (tertiary/aromatic N) is 1. The van der Waals surface area contributed by atoms with Crippen LogP contribution in [-0.4, -0.2) is 36.7 Å². The molecule has 7 nitrogen and oxygen atoms in total. The van der Waals surface area contributed by atoms with Gasteiger partial charge in [-0.25, -0.2) is 0 Å². The van der Waals surface area contributed by atoms with Crippen molar-refractivity contribution in [3.63, 3.8) is 0 Å². The summed E-state index contributed by atoms with van der Waals surface area (Å²) in [5.74, 6) is -0.282. The molecule has 1 aliphatic carbocycles. The van der Waals surface area contributed by atoms with E-state index in [1.54, 1.807) is 20.2 Å². The number of halogens is 1. The molecule has 8 heteroatoms. The van der Waals surface area contributed by atoms with Gasteiger partial charge in [0, 0.05) is 67.2 Å². The number of allylic oxidation sites excluding steroid dienone is 1. The maximum atomic E-state index is 13.4. The predicted molar refractivity (Wildman–Crippen MR) is 145 cm³/mol. The lowest BCUT2D eigenvalue weighted by Crippen LogP contribution is -2.37. The number of hydrogen-bond donors (Lipinski definition) is 4. The van der Waals surface area contributed by atoms with E-state index in [4.69, 9.17) is 17.0 Å². The molecule has 0 atom stereocenters. The van der Waals surface area contributed by atoms with Crippen molar-refractivity contribution in [2.75, 3.05) is 18.5 Å². The van der Waals surface area contributed by atoms with Crippen LogP contribution in [0.5, 0.6) is 0 Å². The highest BCUT2D eigenvalue weighted by Crippen LogP contribution is 2.33. The van der Waals surface area contributed by atoms with E-state index >= 15 is 0 Å². The highest BCUT2D eigenvalue weighted by molar-refractivity contribution is 6.30. The average Bonchev–Trinajstić information content (AvgIpc) is 2.84. The molecule has 4 N–H and O–H groups in total. The van der Waals surface area contributed by atoms with Gasteiger partial charge in [0.15, 0.2) is 5.43 Å². The average molecular weight is 498 g/mol. The molecule has 2 aromatic rings. The summed E-state index contributed by atoms with van der Waals surface area (Å²) in [6, 6.07) is 5.80. The fourth-order valence-corrected chi connectivity index (χ4v) is 5.20. The number of H-pyrrole nitrogens is 1. The van der Waals surface area contributed by atoms with Gasteiger partial charge in [0.05, 0.1) is 5.56 Å². The molecular weight excluding hydrogens is 462 g/mol. The number of aryl methyl sites for hydroxylation is 1. The third-order valence-corrected chi connectivity index (χ3v) is 7.04. The molecule has 0 aliphatic heterocycles. The predicted octanol–water partition coefficient (Wildman–Crippen LogP) is 4.94. The number of anilines is 1. The standard InChI is InChI=1S/C27H36ClN5O2/c1-5-33(21-9-7-6-8-10-21)24-13-19(20(14-29)15-30-4)12-22(18(24)3)27(35)31-16-23-25(34)11-17(2)32-26(23)28/h11-15,21,29-30H,5-10,16H2,1-4H3,(H,31,35)(H,32,34)/b20-15+,29-14?. The monoisotopic (exact) mass is 497 g/mol. The van der Waals surface area contributed by atoms with Crippen molar-refractivity contribution in [1.29, 1.82) is 5.41 Å². The lowest BCUT2D eigenvalue weighted by molar-refractivity contribution is 0.0950. The quantitative estimate of drug-likeness (QED) is 0.291. The van der Waals surface area contributed by atoms with Gasteiger partial charge in [-0.15, -0.1) is 0 Å². The summed E-state index contributed by atoms with van der Waals surface area (Å²) < 4.78 is 0. The van der Waals surface area contributed by atoms with Crippen molar-refractivity contribution >= 4 is 35.0 Å². The van der Waals surface area contributed by atoms with Crippen LogP contribution in [0.3, 0.4) is 0 Å². The lowest BCUT2D eigenvalue weighted by atomic mass is 9.91. The zero-order valence-corrected chi connectivity index (χ0v) is 21.8. The molecule has 3 rings (SSSR count). The number of carbonyl (C=O) groups is 1. The Morgan fingerprint density at radius 2 is 1.94 bits per heavy atom. The van der Waals surface area contributed by atoms with E-state index in [1.165, 1.54) is 31.5 Å². The number of carbonyl (C=O) groups excluding carboxylic acids is 1. The van der Waals surface area contributed by atoms with Crippen molar-refractivity contribution in [3.05, 3.63) is 67.7 Å². The van der Waals surface area contributed by atoms with E-state index in [-0.39, 0.29) is 23.0 Å². The normalized spacial score (nSPS) is 14.5. The Labute approximate surface area is 212 Å². The molecule has 0 unspecified atom stereocenters. The molecule has 1 aromatic carbocycles. The largest absolute Gasteiger partial charge is 0.393 e. The van der Waals surface area contributed by atoms with Crippen molar-refractivity contribution in [2.45, 2.75) is 65.5 Å². The topological polar surface area (TPSA) is 101 Å². The molecule has 0 radical (unpaired) electrons. The first-order valence-electron chi connectivity index (χ1n) is 12.3. The number of pyridine rings is 1. The molecule has 35 heavy (non-hydrogen) atoms. The molecule has 1 fully saturated rings. The first-order valence-corrected chi connectivity index (χ1v) is 12.6. The lowest BCUT2D eigenvalue weighted by Gasteiger charge is -2.37. The summed E-state index contributed by atoms with van der Waals surface area (Å²) >= 11 is 6.23. The molecule has 0 saturated heterocycles. The Bertz CT molecular complexity index is 1160. The van der Waals surface area contributed by atoms with Crippen LogP contribution in [-0.2, 0) is 6.54 Å². The van der Waals surface area contributed by atoms with Crippen LogP contribution in [0.25, 0.3) is 5.57 Å². The van der Waals surface area contributed by atoms with E-state index in [1.807, 2.05) is 13.0 Å². The van der Waals surface area contributed by atoms with Crippen molar-refractivity contribution in [3.8, 4) is 0 Å². The molecule has 1 aromatic heterocycles. The second-order valence-corrected chi connectivity index (χ2v) is 9.45. The number of aromatic nitrogens is 1. The summed E-state index contributed by atoms with van der Waals surface area (Å²) in [7, 11) is 1.79. The van der Waals surface area contributed by atoms with Crippen molar-refractivity contribution in [2.24, 2.45) is 0 Å². The van der Waals surface area contributed by atoms with Gasteiger partial charge >= 0.3 is 0 Å². The fraction of sp³-hybridized carbons (Fsp3) is 0.444. The summed E-state index contributed by atoms with van der Waals surface area (Å²) in [4.78, 5) is 31.1. The van der Waals surface area contributed by atoms with Gasteiger partial charge in [0.2, 0.25) is 0 Å². The van der Waals surface area contributed by atoms with Gasteiger partial charge in [-0.3, -0.25) is 9.59 Å². The van der Waals surface area contributed by atoms with Crippen LogP contribution in [0.4, 0.5) is 5.69 Å². The van der Waals surface area contributed by atoms with E-state index in [0.29, 0.717) is 28.4 Å². The third-order valence-electron chi connectivity index (χ3n) is 6.72. The van der Waals surface area contributed by atoms with Crippen LogP contribution in [0, 0.1) is 19.3 Å². The molecule has 188 valence electrons. The first kappa shape index (κ1) is 26.5. The minimum absolute atomic E-state index is 0.0240. The molecule has 1 aliphatic rings. The number of nitrogens with one attached hydrogen (secondary N) is 4. The van der Waals surface area contributed by atoms with Crippen LogP contribution in [0.1, 0.15) is 71.8 Å². The number of amides is 1. The summed E-state index contributed by atoms with van der Waals surface area (Å²) in [6.45, 7) is 6.73. The summed E-state index contributed by atoms with van der Waals surface area (Å²) in [5.41, 5.74) is 4.67. The third kappa shape index (κ3) is 6.14. The Hall–Kier alpha value is -3.06. The maximum absolute atomic E-state index is 13.4. The van der Waals surface area contributed by atoms with Gasteiger partial charge in [-0.2, -0.15) is 0 Å². The van der Waals surface area contributed by atoms with Crippen molar-refractivity contribution < 1.29 is 4.79 Å². The minimum atomic E-state index is -0.282. The second kappa shape index (κ2) is 12.1. The Balaban J connectivity index is 2.02. The van der Waals surface area contributed by atoms with Crippen LogP contribution in [0.15, 0.2) is 29.2 Å². The first-order chi connectivity index (χ1) is 16.8. The minimum Gasteiger partial charge on any atom is -0.393 e. The molecule has 0 spiro atoms. The summed E-state index contributed by atoms with van der Waals surface area (Å²) in [6.07, 6.45) is 9.01. The highest BCUT2D eigenvalue weighted by Gasteiger charge is 2.25. The number of rotatable bonds is 9. The van der Waals surface area contributed by atoms with Gasteiger partial charge in [-0.05, 0) is 56.9 Å². The Kier molecular flexibility index (Phi) is 9.15. The van der Waals surface area contributed by atoms with E-state index in [9.17, 15) is 9.59 Å². The maximum Gasteiger partial charge on any atom is 0.251 e. The Morgan fingerprint density at radius 1 is 1.23 bits per heavy atom. The summed E-state index contributed by atoms with van der Waals surface area (Å²) in [5, 5.41) is 14.0. The molecule has 0 bridgehead atoms. The zero-order valence-electron chi connectivity index (χ0n) is 21.1. The van der Waals surface area contributed by atoms with Crippen molar-refractivity contribution in [1.82, 2.24) is 15.6 Å². The number of benzene rings is 1. The van der Waals surface area contributed by atoms with Gasteiger partial charge in [0.1, 0.15) is 5.15 Å². The van der Waals surface area contributed by atoms with Gasteiger partial charge < -0.3 is 25.9 Å². The van der Waals surface area contributed by atoms with E-state index in [0.717, 1.165) is 36.2 Å². The number of hydrogen-bond acceptors (Lipinski definition) is 5. The van der Waals surface area contributed by atoms with Crippen LogP contribution in [0.2, 0.25) is 5.15 Å².